The van der Waals surface area contributed by atoms with E-state index in [1.54, 1.807) is 28.0 Å². The van der Waals surface area contributed by atoms with E-state index in [0.717, 1.165) is 10.4 Å². The van der Waals surface area contributed by atoms with Crippen LogP contribution in [0.5, 0.6) is 0 Å². The van der Waals surface area contributed by atoms with E-state index in [0.29, 0.717) is 31.0 Å². The van der Waals surface area contributed by atoms with E-state index in [9.17, 15) is 9.59 Å². The molecule has 136 valence electrons. The van der Waals surface area contributed by atoms with Gasteiger partial charge in [-0.2, -0.15) is 0 Å². The third-order valence-corrected chi connectivity index (χ3v) is 4.98. The van der Waals surface area contributed by atoms with Crippen molar-refractivity contribution in [2.75, 3.05) is 13.1 Å². The standard InChI is InChI=1S/C19H22N4O2S/c1-3-22(13-18(24)20-10-16-5-4-8-26-16)12-15-9-19(25)23-11-14(2)6-7-17(23)21-15/h4-9,11H,3,10,12-13H2,1-2H3,(H,20,24). The summed E-state index contributed by atoms with van der Waals surface area (Å²) in [4.78, 5) is 32.1. The zero-order valence-corrected chi connectivity index (χ0v) is 15.8. The molecule has 0 spiro atoms. The van der Waals surface area contributed by atoms with Gasteiger partial charge in [0.25, 0.3) is 5.56 Å². The minimum Gasteiger partial charge on any atom is -0.350 e. The predicted molar refractivity (Wildman–Crippen MR) is 103 cm³/mol. The Morgan fingerprint density at radius 2 is 2.19 bits per heavy atom. The molecule has 0 aliphatic rings. The van der Waals surface area contributed by atoms with Crippen molar-refractivity contribution in [2.45, 2.75) is 26.9 Å². The summed E-state index contributed by atoms with van der Waals surface area (Å²) in [5, 5.41) is 4.92. The summed E-state index contributed by atoms with van der Waals surface area (Å²) in [5.41, 5.74) is 2.20. The van der Waals surface area contributed by atoms with Gasteiger partial charge in [-0.25, -0.2) is 4.98 Å². The minimum atomic E-state index is -0.105. The molecule has 7 heteroatoms. The quantitative estimate of drug-likeness (QED) is 0.692. The van der Waals surface area contributed by atoms with E-state index in [-0.39, 0.29) is 18.0 Å². The van der Waals surface area contributed by atoms with Crippen LogP contribution in [0.25, 0.3) is 5.65 Å². The first-order chi connectivity index (χ1) is 12.5. The Bertz CT molecular complexity index is 950. The van der Waals surface area contributed by atoms with E-state index in [1.165, 1.54) is 0 Å². The van der Waals surface area contributed by atoms with Crippen LogP contribution in [0.2, 0.25) is 0 Å². The number of nitrogens with zero attached hydrogens (tertiary/aromatic N) is 3. The van der Waals surface area contributed by atoms with Crippen LogP contribution < -0.4 is 10.9 Å². The number of aromatic nitrogens is 2. The zero-order valence-electron chi connectivity index (χ0n) is 14.9. The molecular weight excluding hydrogens is 348 g/mol. The molecule has 3 aromatic rings. The zero-order chi connectivity index (χ0) is 18.5. The highest BCUT2D eigenvalue weighted by molar-refractivity contribution is 7.09. The monoisotopic (exact) mass is 370 g/mol. The molecule has 1 N–H and O–H groups in total. The molecule has 0 fully saturated rings. The van der Waals surface area contributed by atoms with Crippen LogP contribution in [0.15, 0.2) is 46.7 Å². The molecule has 0 unspecified atom stereocenters. The first kappa shape index (κ1) is 18.3. The highest BCUT2D eigenvalue weighted by Gasteiger charge is 2.12. The molecule has 6 nitrogen and oxygen atoms in total. The molecule has 1 amide bonds. The van der Waals surface area contributed by atoms with Gasteiger partial charge in [-0.3, -0.25) is 18.9 Å². The number of likely N-dealkylation sites (N-methyl/N-ethyl adjacent to an activating group) is 1. The van der Waals surface area contributed by atoms with Crippen molar-refractivity contribution in [1.29, 1.82) is 0 Å². The topological polar surface area (TPSA) is 66.7 Å². The molecule has 0 aliphatic heterocycles. The fraction of sp³-hybridized carbons (Fsp3) is 0.316. The lowest BCUT2D eigenvalue weighted by molar-refractivity contribution is -0.122. The van der Waals surface area contributed by atoms with Crippen molar-refractivity contribution in [3.8, 4) is 0 Å². The molecular formula is C19H22N4O2S. The molecule has 0 aromatic carbocycles. The summed E-state index contributed by atoms with van der Waals surface area (Å²) < 4.78 is 1.54. The van der Waals surface area contributed by atoms with Gasteiger partial charge in [0.1, 0.15) is 5.65 Å². The average molecular weight is 370 g/mol. The van der Waals surface area contributed by atoms with Gasteiger partial charge in [-0.15, -0.1) is 11.3 Å². The van der Waals surface area contributed by atoms with Gasteiger partial charge in [-0.1, -0.05) is 19.1 Å². The van der Waals surface area contributed by atoms with Gasteiger partial charge < -0.3 is 5.32 Å². The minimum absolute atomic E-state index is 0.0339. The molecule has 0 saturated heterocycles. The van der Waals surface area contributed by atoms with Gasteiger partial charge in [0.05, 0.1) is 18.8 Å². The Hall–Kier alpha value is -2.51. The number of nitrogens with one attached hydrogen (secondary N) is 1. The average Bonchev–Trinajstić information content (AvgIpc) is 3.14. The molecule has 3 aromatic heterocycles. The second kappa shape index (κ2) is 8.25. The van der Waals surface area contributed by atoms with Gasteiger partial charge in [0.15, 0.2) is 0 Å². The number of carbonyl (C=O) groups is 1. The van der Waals surface area contributed by atoms with Crippen molar-refractivity contribution in [3.05, 3.63) is 68.4 Å². The fourth-order valence-corrected chi connectivity index (χ4v) is 3.35. The van der Waals surface area contributed by atoms with Gasteiger partial charge >= 0.3 is 0 Å². The molecule has 3 rings (SSSR count). The molecule has 0 bridgehead atoms. The maximum Gasteiger partial charge on any atom is 0.258 e. The van der Waals surface area contributed by atoms with Crippen LogP contribution in [0.4, 0.5) is 0 Å². The van der Waals surface area contributed by atoms with E-state index in [2.05, 4.69) is 10.3 Å². The van der Waals surface area contributed by atoms with E-state index in [4.69, 9.17) is 0 Å². The van der Waals surface area contributed by atoms with E-state index >= 15 is 0 Å². The second-order valence-corrected chi connectivity index (χ2v) is 7.21. The van der Waals surface area contributed by atoms with Crippen LogP contribution in [-0.2, 0) is 17.9 Å². The lowest BCUT2D eigenvalue weighted by atomic mass is 10.3. The van der Waals surface area contributed by atoms with Gasteiger partial charge in [0, 0.05) is 23.7 Å². The third kappa shape index (κ3) is 4.56. The smallest absolute Gasteiger partial charge is 0.258 e. The summed E-state index contributed by atoms with van der Waals surface area (Å²) in [6.45, 7) is 5.90. The second-order valence-electron chi connectivity index (χ2n) is 6.18. The van der Waals surface area contributed by atoms with Crippen molar-refractivity contribution in [3.63, 3.8) is 0 Å². The predicted octanol–water partition coefficient (Wildman–Crippen LogP) is 2.20. The van der Waals surface area contributed by atoms with Crippen LogP contribution in [0.3, 0.4) is 0 Å². The maximum absolute atomic E-state index is 12.3. The molecule has 0 radical (unpaired) electrons. The Balaban J connectivity index is 1.65. The van der Waals surface area contributed by atoms with Crippen LogP contribution in [0, 0.1) is 6.92 Å². The highest BCUT2D eigenvalue weighted by Crippen LogP contribution is 2.08. The van der Waals surface area contributed by atoms with Crippen molar-refractivity contribution in [1.82, 2.24) is 19.6 Å². The molecule has 0 atom stereocenters. The van der Waals surface area contributed by atoms with Crippen LogP contribution in [0.1, 0.15) is 23.1 Å². The summed E-state index contributed by atoms with van der Waals surface area (Å²) in [6, 6.07) is 9.27. The SMILES string of the molecule is CCN(CC(=O)NCc1cccs1)Cc1cc(=O)n2cc(C)ccc2n1. The summed E-state index contributed by atoms with van der Waals surface area (Å²) in [7, 11) is 0. The van der Waals surface area contributed by atoms with Crippen LogP contribution in [-0.4, -0.2) is 33.3 Å². The Kier molecular flexibility index (Phi) is 5.80. The van der Waals surface area contributed by atoms with Crippen molar-refractivity contribution >= 4 is 22.9 Å². The number of pyridine rings is 1. The first-order valence-electron chi connectivity index (χ1n) is 8.55. The summed E-state index contributed by atoms with van der Waals surface area (Å²) in [5.74, 6) is -0.0339. The number of aryl methyl sites for hydroxylation is 1. The Labute approximate surface area is 156 Å². The number of thiophene rings is 1. The van der Waals surface area contributed by atoms with Crippen molar-refractivity contribution in [2.24, 2.45) is 0 Å². The number of amides is 1. The van der Waals surface area contributed by atoms with Crippen LogP contribution >= 0.6 is 11.3 Å². The van der Waals surface area contributed by atoms with Gasteiger partial charge in [-0.05, 0) is 36.5 Å². The maximum atomic E-state index is 12.3. The molecule has 0 saturated carbocycles. The Morgan fingerprint density at radius 1 is 1.35 bits per heavy atom. The van der Waals surface area contributed by atoms with E-state index in [1.807, 2.05) is 48.4 Å². The fourth-order valence-electron chi connectivity index (χ4n) is 2.71. The number of carbonyl (C=O) groups excluding carboxylic acids is 1. The van der Waals surface area contributed by atoms with Crippen molar-refractivity contribution < 1.29 is 4.79 Å². The number of rotatable bonds is 7. The lowest BCUT2D eigenvalue weighted by Crippen LogP contribution is -2.36. The number of fused-ring (bicyclic) bond motifs is 1. The molecule has 0 aliphatic carbocycles. The number of hydrogen-bond acceptors (Lipinski definition) is 5. The highest BCUT2D eigenvalue weighted by atomic mass is 32.1. The molecule has 3 heterocycles. The number of hydrogen-bond donors (Lipinski definition) is 1. The summed E-state index contributed by atoms with van der Waals surface area (Å²) in [6.07, 6.45) is 1.78. The largest absolute Gasteiger partial charge is 0.350 e. The third-order valence-electron chi connectivity index (χ3n) is 4.10. The Morgan fingerprint density at radius 3 is 2.92 bits per heavy atom. The van der Waals surface area contributed by atoms with Gasteiger partial charge in [0.2, 0.25) is 5.91 Å². The normalized spacial score (nSPS) is 11.2. The summed E-state index contributed by atoms with van der Waals surface area (Å²) >= 11 is 1.62. The lowest BCUT2D eigenvalue weighted by Gasteiger charge is -2.19. The molecule has 26 heavy (non-hydrogen) atoms. The van der Waals surface area contributed by atoms with E-state index < -0.39 is 0 Å². The first-order valence-corrected chi connectivity index (χ1v) is 9.43.